The van der Waals surface area contributed by atoms with Gasteiger partial charge in [-0.3, -0.25) is 0 Å². The van der Waals surface area contributed by atoms with E-state index in [0.29, 0.717) is 0 Å². The van der Waals surface area contributed by atoms with Crippen LogP contribution in [0.4, 0.5) is 68.2 Å². The largest absolute Gasteiger partial charge is 0.497 e. The number of para-hydroxylation sites is 2. The summed E-state index contributed by atoms with van der Waals surface area (Å²) in [6, 6.07) is 81.2. The number of nitrogens with zero attached hydrogens (tertiary/aromatic N) is 4. The van der Waals surface area contributed by atoms with Crippen LogP contribution in [0.15, 0.2) is 231 Å². The lowest BCUT2D eigenvalue weighted by atomic mass is 10.1. The highest BCUT2D eigenvalue weighted by Crippen LogP contribution is 2.44. The van der Waals surface area contributed by atoms with Crippen LogP contribution < -0.4 is 29.1 Å². The van der Waals surface area contributed by atoms with Gasteiger partial charge in [-0.25, -0.2) is 0 Å². The van der Waals surface area contributed by atoms with Gasteiger partial charge < -0.3 is 29.1 Å². The van der Waals surface area contributed by atoms with Crippen molar-refractivity contribution >= 4 is 68.2 Å². The molecule has 0 N–H and O–H groups in total. The third kappa shape index (κ3) is 8.89. The van der Waals surface area contributed by atoms with Gasteiger partial charge in [-0.05, 0) is 189 Å². The molecule has 0 aliphatic heterocycles. The van der Waals surface area contributed by atoms with E-state index in [1.54, 1.807) is 14.2 Å². The Morgan fingerprint density at radius 3 is 0.750 bits per heavy atom. The summed E-state index contributed by atoms with van der Waals surface area (Å²) in [5, 5.41) is 0. The Kier molecular flexibility index (Phi) is 12.1. The van der Waals surface area contributed by atoms with E-state index >= 15 is 0 Å². The van der Waals surface area contributed by atoms with Gasteiger partial charge in [0.05, 0.1) is 14.2 Å². The SMILES string of the molecule is COc1ccc(N(c2ccc(N(c3ccccc3)c3cccc(N(c4ccccc4)c4ccc(N(c5ccc(OC)cc5)c5cccc(C)c5)cc4)c3)cc2)c2cccc(C)c2)cc1. The molecule has 9 aromatic carbocycles. The molecule has 9 aromatic rings. The van der Waals surface area contributed by atoms with Gasteiger partial charge in [0, 0.05) is 68.2 Å². The first-order valence-corrected chi connectivity index (χ1v) is 21.5. The monoisotopic (exact) mass is 834 g/mol. The van der Waals surface area contributed by atoms with Gasteiger partial charge in [0.25, 0.3) is 0 Å². The predicted octanol–water partition coefficient (Wildman–Crippen LogP) is 16.2. The molecule has 64 heavy (non-hydrogen) atoms. The molecular formula is C58H50N4O2. The summed E-state index contributed by atoms with van der Waals surface area (Å²) >= 11 is 0. The van der Waals surface area contributed by atoms with E-state index in [1.165, 1.54) is 11.1 Å². The number of aryl methyl sites for hydroxylation is 2. The zero-order valence-corrected chi connectivity index (χ0v) is 36.5. The smallest absolute Gasteiger partial charge is 0.119 e. The molecule has 0 saturated heterocycles. The maximum absolute atomic E-state index is 5.50. The summed E-state index contributed by atoms with van der Waals surface area (Å²) in [5.74, 6) is 1.64. The molecule has 0 heterocycles. The van der Waals surface area contributed by atoms with Gasteiger partial charge in [0.15, 0.2) is 0 Å². The Morgan fingerprint density at radius 1 is 0.234 bits per heavy atom. The van der Waals surface area contributed by atoms with Gasteiger partial charge in [-0.2, -0.15) is 0 Å². The highest BCUT2D eigenvalue weighted by atomic mass is 16.5. The minimum atomic E-state index is 0.821. The molecule has 0 atom stereocenters. The van der Waals surface area contributed by atoms with Crippen LogP contribution in [0.25, 0.3) is 0 Å². The number of hydrogen-bond donors (Lipinski definition) is 0. The van der Waals surface area contributed by atoms with Gasteiger partial charge in [0.1, 0.15) is 11.5 Å². The summed E-state index contributed by atoms with van der Waals surface area (Å²) < 4.78 is 11.0. The van der Waals surface area contributed by atoms with E-state index in [4.69, 9.17) is 9.47 Å². The molecule has 9 rings (SSSR count). The number of ether oxygens (including phenoxy) is 2. The second-order valence-electron chi connectivity index (χ2n) is 15.6. The molecule has 0 aliphatic carbocycles. The van der Waals surface area contributed by atoms with Crippen LogP contribution in [-0.4, -0.2) is 14.2 Å². The highest BCUT2D eigenvalue weighted by molar-refractivity contribution is 5.86. The zero-order valence-electron chi connectivity index (χ0n) is 36.5. The first kappa shape index (κ1) is 41.1. The second-order valence-corrected chi connectivity index (χ2v) is 15.6. The van der Waals surface area contributed by atoms with Crippen LogP contribution in [-0.2, 0) is 0 Å². The molecule has 0 bridgehead atoms. The standard InChI is InChI=1S/C58H50N4O2/c1-43-14-11-20-53(40-43)61(51-32-36-57(63-3)37-33-51)49-28-24-47(25-29-49)59(45-16-7-5-8-17-45)55-22-13-23-56(42-55)60(46-18-9-6-10-19-46)48-26-30-50(31-27-48)62(54-21-12-15-44(2)41-54)52-34-38-58(64-4)39-35-52/h5-42H,1-4H3. The quantitative estimate of drug-likeness (QED) is 0.108. The Hall–Kier alpha value is -8.22. The third-order valence-corrected chi connectivity index (χ3v) is 11.3. The minimum Gasteiger partial charge on any atom is -0.497 e. The highest BCUT2D eigenvalue weighted by Gasteiger charge is 2.20. The third-order valence-electron chi connectivity index (χ3n) is 11.3. The van der Waals surface area contributed by atoms with Crippen molar-refractivity contribution in [3.8, 4) is 11.5 Å². The molecule has 0 fully saturated rings. The van der Waals surface area contributed by atoms with Crippen LogP contribution in [0.2, 0.25) is 0 Å². The van der Waals surface area contributed by atoms with E-state index in [9.17, 15) is 0 Å². The number of methoxy groups -OCH3 is 2. The van der Waals surface area contributed by atoms with Crippen molar-refractivity contribution in [3.63, 3.8) is 0 Å². The molecule has 0 spiro atoms. The average Bonchev–Trinajstić information content (AvgIpc) is 3.34. The van der Waals surface area contributed by atoms with Crippen molar-refractivity contribution < 1.29 is 9.47 Å². The van der Waals surface area contributed by atoms with Crippen LogP contribution in [0.1, 0.15) is 11.1 Å². The van der Waals surface area contributed by atoms with Crippen LogP contribution in [0.5, 0.6) is 11.5 Å². The normalized spacial score (nSPS) is 10.8. The Balaban J connectivity index is 1.10. The fraction of sp³-hybridized carbons (Fsp3) is 0.0690. The van der Waals surface area contributed by atoms with E-state index in [0.717, 1.165) is 79.7 Å². The van der Waals surface area contributed by atoms with Gasteiger partial charge in [-0.1, -0.05) is 66.7 Å². The maximum Gasteiger partial charge on any atom is 0.119 e. The van der Waals surface area contributed by atoms with Crippen molar-refractivity contribution in [1.82, 2.24) is 0 Å². The van der Waals surface area contributed by atoms with E-state index in [-0.39, 0.29) is 0 Å². The summed E-state index contributed by atoms with van der Waals surface area (Å²) in [6.07, 6.45) is 0. The molecule has 6 heteroatoms. The summed E-state index contributed by atoms with van der Waals surface area (Å²) in [7, 11) is 3.39. The summed E-state index contributed by atoms with van der Waals surface area (Å²) in [5.41, 5.74) is 15.0. The van der Waals surface area contributed by atoms with Crippen molar-refractivity contribution in [3.05, 3.63) is 242 Å². The number of anilines is 12. The first-order chi connectivity index (χ1) is 31.4. The lowest BCUT2D eigenvalue weighted by molar-refractivity contribution is 0.414. The molecule has 0 unspecified atom stereocenters. The van der Waals surface area contributed by atoms with Gasteiger partial charge in [0.2, 0.25) is 0 Å². The molecule has 0 radical (unpaired) electrons. The molecule has 6 nitrogen and oxygen atoms in total. The predicted molar refractivity (Wildman–Crippen MR) is 268 cm³/mol. The fourth-order valence-corrected chi connectivity index (χ4v) is 8.21. The number of hydrogen-bond acceptors (Lipinski definition) is 6. The van der Waals surface area contributed by atoms with E-state index in [1.807, 2.05) is 24.3 Å². The maximum atomic E-state index is 5.50. The molecular weight excluding hydrogens is 785 g/mol. The van der Waals surface area contributed by atoms with Gasteiger partial charge >= 0.3 is 0 Å². The van der Waals surface area contributed by atoms with Crippen LogP contribution in [0, 0.1) is 13.8 Å². The van der Waals surface area contributed by atoms with Crippen molar-refractivity contribution in [2.45, 2.75) is 13.8 Å². The number of rotatable bonds is 14. The Bertz CT molecular complexity index is 2720. The van der Waals surface area contributed by atoms with E-state index < -0.39 is 0 Å². The molecule has 314 valence electrons. The van der Waals surface area contributed by atoms with E-state index in [2.05, 4.69) is 240 Å². The Labute approximate surface area is 377 Å². The average molecular weight is 835 g/mol. The van der Waals surface area contributed by atoms with Crippen LogP contribution >= 0.6 is 0 Å². The summed E-state index contributed by atoms with van der Waals surface area (Å²) in [4.78, 5) is 9.20. The molecule has 0 saturated carbocycles. The zero-order chi connectivity index (χ0) is 43.8. The lowest BCUT2D eigenvalue weighted by Gasteiger charge is -2.31. The van der Waals surface area contributed by atoms with Crippen LogP contribution in [0.3, 0.4) is 0 Å². The minimum absolute atomic E-state index is 0.821. The van der Waals surface area contributed by atoms with Crippen molar-refractivity contribution in [1.29, 1.82) is 0 Å². The second kappa shape index (κ2) is 18.8. The molecule has 0 amide bonds. The van der Waals surface area contributed by atoms with Crippen molar-refractivity contribution in [2.24, 2.45) is 0 Å². The Morgan fingerprint density at radius 2 is 0.469 bits per heavy atom. The topological polar surface area (TPSA) is 31.4 Å². The molecule has 0 aromatic heterocycles. The van der Waals surface area contributed by atoms with Gasteiger partial charge in [-0.15, -0.1) is 0 Å². The molecule has 0 aliphatic rings. The summed E-state index contributed by atoms with van der Waals surface area (Å²) in [6.45, 7) is 4.26. The first-order valence-electron chi connectivity index (χ1n) is 21.5. The fourth-order valence-electron chi connectivity index (χ4n) is 8.21. The lowest BCUT2D eigenvalue weighted by Crippen LogP contribution is -2.14. The van der Waals surface area contributed by atoms with Crippen molar-refractivity contribution in [2.75, 3.05) is 33.8 Å². The number of benzene rings is 9.